The van der Waals surface area contributed by atoms with Crippen molar-refractivity contribution in [1.29, 1.82) is 0 Å². The third-order valence-electron chi connectivity index (χ3n) is 2.50. The smallest absolute Gasteiger partial charge is 0.408 e. The van der Waals surface area contributed by atoms with Gasteiger partial charge in [0.2, 0.25) is 0 Å². The molecule has 0 fully saturated rings. The van der Waals surface area contributed by atoms with Gasteiger partial charge in [0.25, 0.3) is 10.1 Å². The van der Waals surface area contributed by atoms with Crippen LogP contribution < -0.4 is 5.32 Å². The fourth-order valence-electron chi connectivity index (χ4n) is 1.64. The highest BCUT2D eigenvalue weighted by atomic mass is 79.9. The molecule has 0 aliphatic heterocycles. The zero-order valence-electron chi connectivity index (χ0n) is 13.2. The fraction of sp³-hybridized carbons (Fsp3) is 0.500. The molecule has 0 aromatic heterocycles. The molecule has 0 bridgehead atoms. The number of hydrogen-bond acceptors (Lipinski definition) is 5. The number of benzene rings is 1. The molecular weight excluding hydrogens is 393 g/mol. The molecule has 0 saturated carbocycles. The van der Waals surface area contributed by atoms with Gasteiger partial charge in [-0.2, -0.15) is 8.42 Å². The lowest BCUT2D eigenvalue weighted by Gasteiger charge is -2.24. The van der Waals surface area contributed by atoms with Crippen molar-refractivity contribution in [3.63, 3.8) is 0 Å². The predicted molar refractivity (Wildman–Crippen MR) is 87.0 cm³/mol. The van der Waals surface area contributed by atoms with Crippen molar-refractivity contribution in [3.05, 3.63) is 34.1 Å². The average Bonchev–Trinajstić information content (AvgIpc) is 2.35. The molecule has 0 radical (unpaired) electrons. The first-order valence-corrected chi connectivity index (χ1v) is 9.28. The van der Waals surface area contributed by atoms with Gasteiger partial charge >= 0.3 is 6.09 Å². The topological polar surface area (TPSA) is 81.7 Å². The van der Waals surface area contributed by atoms with Crippen LogP contribution in [0.15, 0.2) is 22.7 Å². The summed E-state index contributed by atoms with van der Waals surface area (Å²) in [6.45, 7) is 4.57. The Kier molecular flexibility index (Phi) is 6.55. The van der Waals surface area contributed by atoms with Gasteiger partial charge in [0.15, 0.2) is 0 Å². The van der Waals surface area contributed by atoms with Crippen LogP contribution in [0.2, 0.25) is 0 Å². The van der Waals surface area contributed by atoms with Gasteiger partial charge in [0, 0.05) is 5.56 Å². The van der Waals surface area contributed by atoms with E-state index in [1.807, 2.05) is 0 Å². The monoisotopic (exact) mass is 411 g/mol. The first kappa shape index (κ1) is 19.9. The summed E-state index contributed by atoms with van der Waals surface area (Å²) in [5, 5.41) is 2.42. The number of hydrogen-bond donors (Lipinski definition) is 1. The SMILES string of the molecule is CC(C)(C)OC(=O)N[C@H](COS(C)(=O)=O)c1cccc(Br)c1F. The molecule has 1 amide bonds. The second-order valence-corrected chi connectivity index (χ2v) is 8.33. The highest BCUT2D eigenvalue weighted by Crippen LogP contribution is 2.25. The summed E-state index contributed by atoms with van der Waals surface area (Å²) in [4.78, 5) is 11.9. The number of ether oxygens (including phenoxy) is 1. The van der Waals surface area contributed by atoms with Crippen molar-refractivity contribution in [3.8, 4) is 0 Å². The van der Waals surface area contributed by atoms with Crippen molar-refractivity contribution in [1.82, 2.24) is 5.32 Å². The second kappa shape index (κ2) is 7.59. The Morgan fingerprint density at radius 3 is 2.52 bits per heavy atom. The molecular formula is C14H19BrFNO5S. The first-order valence-electron chi connectivity index (χ1n) is 6.67. The number of alkyl carbamates (subject to hydrolysis) is 1. The Labute approximate surface area is 143 Å². The van der Waals surface area contributed by atoms with Crippen molar-refractivity contribution in [2.24, 2.45) is 0 Å². The van der Waals surface area contributed by atoms with Crippen LogP contribution in [-0.4, -0.2) is 33.0 Å². The summed E-state index contributed by atoms with van der Waals surface area (Å²) in [5.41, 5.74) is -0.670. The molecule has 6 nitrogen and oxygen atoms in total. The van der Waals surface area contributed by atoms with Crippen LogP contribution in [0.4, 0.5) is 9.18 Å². The highest BCUT2D eigenvalue weighted by Gasteiger charge is 2.24. The maximum Gasteiger partial charge on any atom is 0.408 e. The molecule has 0 heterocycles. The molecule has 1 aromatic rings. The van der Waals surface area contributed by atoms with E-state index in [-0.39, 0.29) is 10.0 Å². The lowest BCUT2D eigenvalue weighted by molar-refractivity contribution is 0.0486. The minimum absolute atomic E-state index is 0.0777. The molecule has 0 aliphatic rings. The molecule has 1 aromatic carbocycles. The summed E-state index contributed by atoms with van der Waals surface area (Å²) >= 11 is 3.04. The summed E-state index contributed by atoms with van der Waals surface area (Å²) < 4.78 is 46.5. The number of rotatable bonds is 5. The van der Waals surface area contributed by atoms with E-state index < -0.39 is 40.3 Å². The van der Waals surface area contributed by atoms with E-state index in [2.05, 4.69) is 21.2 Å². The predicted octanol–water partition coefficient (Wildman–Crippen LogP) is 3.13. The standard InChI is InChI=1S/C14H19BrFNO5S/c1-14(2,3)22-13(18)17-11(8-21-23(4,19)20)9-6-5-7-10(15)12(9)16/h5-7,11H,8H2,1-4H3,(H,17,18)/t11-/m1/s1. The average molecular weight is 412 g/mol. The van der Waals surface area contributed by atoms with Gasteiger partial charge in [-0.3, -0.25) is 4.18 Å². The third kappa shape index (κ3) is 7.28. The van der Waals surface area contributed by atoms with Crippen LogP contribution >= 0.6 is 15.9 Å². The summed E-state index contributed by atoms with van der Waals surface area (Å²) in [7, 11) is -3.75. The van der Waals surface area contributed by atoms with Crippen molar-refractivity contribution in [2.75, 3.05) is 12.9 Å². The van der Waals surface area contributed by atoms with Gasteiger partial charge in [0.05, 0.1) is 23.4 Å². The Morgan fingerprint density at radius 2 is 2.00 bits per heavy atom. The lowest BCUT2D eigenvalue weighted by Crippen LogP contribution is -2.37. The van der Waals surface area contributed by atoms with E-state index in [0.29, 0.717) is 0 Å². The normalized spacial score (nSPS) is 13.5. The maximum atomic E-state index is 14.2. The van der Waals surface area contributed by atoms with Crippen LogP contribution in [0, 0.1) is 5.82 Å². The second-order valence-electron chi connectivity index (χ2n) is 5.83. The highest BCUT2D eigenvalue weighted by molar-refractivity contribution is 9.10. The minimum atomic E-state index is -3.75. The van der Waals surface area contributed by atoms with Gasteiger partial charge in [0.1, 0.15) is 11.4 Å². The molecule has 130 valence electrons. The van der Waals surface area contributed by atoms with E-state index in [1.165, 1.54) is 12.1 Å². The Bertz CT molecular complexity index is 672. The zero-order chi connectivity index (χ0) is 17.8. The van der Waals surface area contributed by atoms with Crippen LogP contribution in [-0.2, 0) is 19.0 Å². The van der Waals surface area contributed by atoms with Gasteiger partial charge in [-0.25, -0.2) is 9.18 Å². The van der Waals surface area contributed by atoms with Crippen LogP contribution in [0.3, 0.4) is 0 Å². The van der Waals surface area contributed by atoms with Gasteiger partial charge < -0.3 is 10.1 Å². The molecule has 1 N–H and O–H groups in total. The van der Waals surface area contributed by atoms with Crippen molar-refractivity contribution >= 4 is 32.1 Å². The van der Waals surface area contributed by atoms with E-state index in [0.717, 1.165) is 6.26 Å². The van der Waals surface area contributed by atoms with E-state index >= 15 is 0 Å². The first-order chi connectivity index (χ1) is 10.4. The Balaban J connectivity index is 3.02. The number of nitrogens with one attached hydrogen (secondary N) is 1. The third-order valence-corrected chi connectivity index (χ3v) is 3.67. The molecule has 0 spiro atoms. The summed E-state index contributed by atoms with van der Waals surface area (Å²) in [6.07, 6.45) is 0.0633. The molecule has 23 heavy (non-hydrogen) atoms. The van der Waals surface area contributed by atoms with Crippen molar-refractivity contribution < 1.29 is 26.5 Å². The van der Waals surface area contributed by atoms with Crippen LogP contribution in [0.5, 0.6) is 0 Å². The van der Waals surface area contributed by atoms with Gasteiger partial charge in [-0.1, -0.05) is 12.1 Å². The zero-order valence-corrected chi connectivity index (χ0v) is 15.6. The number of carbonyl (C=O) groups is 1. The Morgan fingerprint density at radius 1 is 1.39 bits per heavy atom. The molecule has 0 saturated heterocycles. The minimum Gasteiger partial charge on any atom is -0.444 e. The summed E-state index contributed by atoms with van der Waals surface area (Å²) in [5.74, 6) is -0.620. The summed E-state index contributed by atoms with van der Waals surface area (Å²) in [6, 6.07) is 3.44. The van der Waals surface area contributed by atoms with E-state index in [4.69, 9.17) is 8.92 Å². The maximum absolute atomic E-state index is 14.2. The van der Waals surface area contributed by atoms with Crippen LogP contribution in [0.1, 0.15) is 32.4 Å². The quantitative estimate of drug-likeness (QED) is 0.752. The van der Waals surface area contributed by atoms with E-state index in [1.54, 1.807) is 26.8 Å². The molecule has 1 rings (SSSR count). The largest absolute Gasteiger partial charge is 0.444 e. The lowest BCUT2D eigenvalue weighted by atomic mass is 10.1. The molecule has 9 heteroatoms. The van der Waals surface area contributed by atoms with Crippen molar-refractivity contribution in [2.45, 2.75) is 32.4 Å². The van der Waals surface area contributed by atoms with Crippen LogP contribution in [0.25, 0.3) is 0 Å². The van der Waals surface area contributed by atoms with Gasteiger partial charge in [-0.15, -0.1) is 0 Å². The fourth-order valence-corrected chi connectivity index (χ4v) is 2.41. The number of carbonyl (C=O) groups excluding carboxylic acids is 1. The van der Waals surface area contributed by atoms with E-state index in [9.17, 15) is 17.6 Å². The molecule has 0 aliphatic carbocycles. The molecule has 0 unspecified atom stereocenters. The Hall–Kier alpha value is -1.19. The number of halogens is 2. The molecule has 1 atom stereocenters. The number of amides is 1. The van der Waals surface area contributed by atoms with Gasteiger partial charge in [-0.05, 0) is 42.8 Å².